The van der Waals surface area contributed by atoms with Gasteiger partial charge in [0, 0.05) is 28.7 Å². The maximum atomic E-state index is 15.4. The van der Waals surface area contributed by atoms with E-state index in [9.17, 15) is 0 Å². The minimum atomic E-state index is -2.69. The van der Waals surface area contributed by atoms with Crippen LogP contribution in [0.2, 0.25) is 75.5 Å². The van der Waals surface area contributed by atoms with Crippen molar-refractivity contribution in [2.75, 3.05) is 7.11 Å². The summed E-state index contributed by atoms with van der Waals surface area (Å²) in [6.45, 7) is 34.2. The second kappa shape index (κ2) is 14.5. The highest BCUT2D eigenvalue weighted by Crippen LogP contribution is 2.75. The number of rotatable bonds is 12. The predicted molar refractivity (Wildman–Crippen MR) is 251 cm³/mol. The Morgan fingerprint density at radius 2 is 1.42 bits per heavy atom. The number of hydrogen-bond donors (Lipinski definition) is 0. The SMILES string of the molecule is COC1=C(C(=O)O[Si](C(C)C)(C(C)C)C(C)C)[C@H](C)[C@@]23O[C@]24C2=CC(=O)[C@H]5[C@@H](C2=N[C@H]3C#C/C=C\C#C[C@H]14)[C@H]1O[C@]5(O[Si](C)(C)C)c2c(O[Si](C)(C)C)ccc(O[Si](C)(C)C)c21. The van der Waals surface area contributed by atoms with Gasteiger partial charge in [0.2, 0.25) is 22.4 Å². The standard InChI is InChI=1S/C48H65NO9Si4/c1-27(2)62(28(3)4,29(5)6)56-45(51)37-30(7)46-36-23-21-19-18-20-22-31(43(37)52-8)47(46,57-46)32-26-33(50)40-39(42(32)49-36)44-38-34(54-59(9,10)11)24-25-35(55-60(12,13)14)41(38)48(40,53-44)58-61(15,16)17/h18-19,24-31,36,39-40,44H,1-17H3/b19-18-/t30-,31+,36-,39-,40-,44-,46-,47+,48+/m0/s1. The van der Waals surface area contributed by atoms with E-state index < -0.39 is 92.0 Å². The Hall–Kier alpha value is -3.48. The lowest BCUT2D eigenvalue weighted by molar-refractivity contribution is -0.192. The average Bonchev–Trinajstić information content (AvgIpc) is 3.64. The third-order valence-electron chi connectivity index (χ3n) is 13.7. The van der Waals surface area contributed by atoms with Crippen molar-refractivity contribution in [3.63, 3.8) is 0 Å². The molecule has 1 aromatic rings. The molecule has 4 aliphatic heterocycles. The number of carbonyl (C=O) groups excluding carboxylic acids is 2. The van der Waals surface area contributed by atoms with Gasteiger partial charge in [-0.2, -0.15) is 0 Å². The molecule has 0 amide bonds. The zero-order valence-corrected chi connectivity index (χ0v) is 43.7. The van der Waals surface area contributed by atoms with Crippen LogP contribution in [0.25, 0.3) is 0 Å². The first-order valence-corrected chi connectivity index (χ1v) is 34.7. The lowest BCUT2D eigenvalue weighted by Gasteiger charge is -2.47. The van der Waals surface area contributed by atoms with Crippen molar-refractivity contribution in [3.05, 3.63) is 58.4 Å². The molecule has 0 unspecified atom stereocenters. The summed E-state index contributed by atoms with van der Waals surface area (Å²) < 4.78 is 48.8. The number of ether oxygens (including phenoxy) is 3. The van der Waals surface area contributed by atoms with Crippen molar-refractivity contribution >= 4 is 50.7 Å². The summed E-state index contributed by atoms with van der Waals surface area (Å²) in [7, 11) is -7.92. The first-order valence-electron chi connectivity index (χ1n) is 22.4. The first kappa shape index (κ1) is 45.1. The molecule has 1 aromatic carbocycles. The normalized spacial score (nSPS) is 33.2. The summed E-state index contributed by atoms with van der Waals surface area (Å²) in [6, 6.07) is 3.24. The second-order valence-electron chi connectivity index (χ2n) is 22.0. The molecule has 10 nitrogen and oxygen atoms in total. The largest absolute Gasteiger partial charge is 0.544 e. The number of fused-ring (bicyclic) bond motifs is 10. The molecule has 8 rings (SSSR count). The minimum Gasteiger partial charge on any atom is -0.544 e. The van der Waals surface area contributed by atoms with E-state index >= 15 is 9.59 Å². The molecule has 0 aromatic heterocycles. The fourth-order valence-corrected chi connectivity index (χ4v) is 20.0. The van der Waals surface area contributed by atoms with Crippen molar-refractivity contribution < 1.29 is 41.5 Å². The molecule has 6 bridgehead atoms. The number of nitrogens with zero attached hydrogens (tertiary/aromatic N) is 1. The second-order valence-corrected chi connectivity index (χ2v) is 40.6. The monoisotopic (exact) mass is 911 g/mol. The Kier molecular flexibility index (Phi) is 10.6. The van der Waals surface area contributed by atoms with Gasteiger partial charge in [0.05, 0.1) is 30.3 Å². The summed E-state index contributed by atoms with van der Waals surface area (Å²) in [6.07, 6.45) is 4.48. The lowest BCUT2D eigenvalue weighted by atomic mass is 9.55. The fourth-order valence-electron chi connectivity index (χ4n) is 12.0. The molecule has 0 spiro atoms. The Labute approximate surface area is 373 Å². The Balaban J connectivity index is 1.36. The van der Waals surface area contributed by atoms with E-state index in [0.29, 0.717) is 34.1 Å². The number of carbonyl (C=O) groups is 2. The Bertz CT molecular complexity index is 2370. The lowest BCUT2D eigenvalue weighted by Crippen LogP contribution is -2.59. The Morgan fingerprint density at radius 1 is 0.839 bits per heavy atom. The van der Waals surface area contributed by atoms with Gasteiger partial charge in [-0.25, -0.2) is 4.79 Å². The van der Waals surface area contributed by atoms with E-state index in [0.717, 1.165) is 11.1 Å². The van der Waals surface area contributed by atoms with Crippen LogP contribution in [0.4, 0.5) is 0 Å². The van der Waals surface area contributed by atoms with E-state index in [1.807, 2.05) is 19.1 Å². The number of benzene rings is 1. The van der Waals surface area contributed by atoms with Gasteiger partial charge in [-0.1, -0.05) is 72.1 Å². The molecule has 3 aliphatic carbocycles. The first-order chi connectivity index (χ1) is 28.7. The van der Waals surface area contributed by atoms with Crippen LogP contribution < -0.4 is 8.85 Å². The van der Waals surface area contributed by atoms with Crippen LogP contribution in [0.5, 0.6) is 11.5 Å². The van der Waals surface area contributed by atoms with E-state index in [2.05, 4.69) is 124 Å². The van der Waals surface area contributed by atoms with Crippen molar-refractivity contribution in [1.82, 2.24) is 0 Å². The number of allylic oxidation sites excluding steroid dienone is 3. The van der Waals surface area contributed by atoms with Crippen LogP contribution in [0.1, 0.15) is 65.7 Å². The van der Waals surface area contributed by atoms with Crippen LogP contribution >= 0.6 is 0 Å². The molecule has 0 saturated carbocycles. The highest BCUT2D eigenvalue weighted by molar-refractivity contribution is 6.79. The topological polar surface area (TPSA) is 114 Å². The molecule has 0 N–H and O–H groups in total. The number of methoxy groups -OCH3 is 1. The quantitative estimate of drug-likeness (QED) is 0.115. The summed E-state index contributed by atoms with van der Waals surface area (Å²) in [5, 5.41) is 0. The van der Waals surface area contributed by atoms with Crippen LogP contribution in [0, 0.1) is 47.4 Å². The molecule has 9 atom stereocenters. The van der Waals surface area contributed by atoms with Crippen molar-refractivity contribution in [2.24, 2.45) is 28.7 Å². The van der Waals surface area contributed by atoms with E-state index in [4.69, 9.17) is 36.9 Å². The zero-order valence-electron chi connectivity index (χ0n) is 39.7. The van der Waals surface area contributed by atoms with Gasteiger partial charge in [-0.3, -0.25) is 9.79 Å². The molecular formula is C48H65NO9Si4. The molecule has 62 heavy (non-hydrogen) atoms. The minimum absolute atomic E-state index is 0.143. The predicted octanol–water partition coefficient (Wildman–Crippen LogP) is 9.74. The van der Waals surface area contributed by atoms with Crippen LogP contribution in [0.3, 0.4) is 0 Å². The van der Waals surface area contributed by atoms with E-state index in [1.54, 1.807) is 25.3 Å². The smallest absolute Gasteiger partial charge is 0.324 e. The number of epoxide rings is 1. The van der Waals surface area contributed by atoms with Gasteiger partial charge in [0.1, 0.15) is 40.4 Å². The summed E-state index contributed by atoms with van der Waals surface area (Å²) in [5.74, 6) is 10.4. The Morgan fingerprint density at radius 3 is 1.98 bits per heavy atom. The van der Waals surface area contributed by atoms with E-state index in [-0.39, 0.29) is 22.4 Å². The third-order valence-corrected chi connectivity index (χ3v) is 22.3. The zero-order chi connectivity index (χ0) is 45.5. The van der Waals surface area contributed by atoms with Gasteiger partial charge in [-0.05, 0) is 106 Å². The molecule has 0 radical (unpaired) electrons. The van der Waals surface area contributed by atoms with Gasteiger partial charge < -0.3 is 31.9 Å². The van der Waals surface area contributed by atoms with Gasteiger partial charge >= 0.3 is 5.97 Å². The van der Waals surface area contributed by atoms with Crippen molar-refractivity contribution in [1.29, 1.82) is 0 Å². The summed E-state index contributed by atoms with van der Waals surface area (Å²) in [5.41, 5.74) is 1.47. The fraction of sp³-hybridized carbons (Fsp3) is 0.604. The molecule has 332 valence electrons. The van der Waals surface area contributed by atoms with Crippen LogP contribution in [0.15, 0.2) is 52.3 Å². The highest BCUT2D eigenvalue weighted by atomic mass is 28.4. The number of ketones is 1. The molecular weight excluding hydrogens is 847 g/mol. The van der Waals surface area contributed by atoms with Crippen LogP contribution in [-0.2, 0) is 38.4 Å². The molecule has 14 heteroatoms. The molecule has 7 aliphatic rings. The molecule has 2 fully saturated rings. The van der Waals surface area contributed by atoms with Crippen molar-refractivity contribution in [3.8, 4) is 35.2 Å². The maximum absolute atomic E-state index is 15.4. The van der Waals surface area contributed by atoms with Gasteiger partial charge in [0.25, 0.3) is 8.32 Å². The van der Waals surface area contributed by atoms with Gasteiger partial charge in [0.15, 0.2) is 14.1 Å². The summed E-state index contributed by atoms with van der Waals surface area (Å²) in [4.78, 5) is 36.0. The maximum Gasteiger partial charge on any atom is 0.324 e. The average molecular weight is 912 g/mol. The third kappa shape index (κ3) is 6.36. The number of hydrogen-bond acceptors (Lipinski definition) is 10. The molecule has 2 saturated heterocycles. The number of aliphatic imine (C=N–C) groups is 1. The highest BCUT2D eigenvalue weighted by Gasteiger charge is 2.87. The van der Waals surface area contributed by atoms with Crippen LogP contribution in [-0.4, -0.2) is 75.1 Å². The van der Waals surface area contributed by atoms with Gasteiger partial charge in [-0.15, -0.1) is 0 Å². The van der Waals surface area contributed by atoms with E-state index in [1.165, 1.54) is 0 Å². The van der Waals surface area contributed by atoms with Crippen molar-refractivity contribution in [2.45, 2.75) is 153 Å². The molecule has 4 heterocycles. The summed E-state index contributed by atoms with van der Waals surface area (Å²) >= 11 is 0.